The molecule has 2 atom stereocenters. The fourth-order valence-corrected chi connectivity index (χ4v) is 2.35. The first-order valence-electron chi connectivity index (χ1n) is 5.83. The lowest BCUT2D eigenvalue weighted by atomic mass is 9.73. The third-order valence-electron chi connectivity index (χ3n) is 3.20. The van der Waals surface area contributed by atoms with Gasteiger partial charge in [0.05, 0.1) is 0 Å². The number of allylic oxidation sites excluding steroid dienone is 4. The minimum absolute atomic E-state index is 0.394. The fraction of sp³-hybridized carbons (Fsp3) is 0.714. The summed E-state index contributed by atoms with van der Waals surface area (Å²) in [5, 5.41) is 0. The van der Waals surface area contributed by atoms with E-state index in [-0.39, 0.29) is 0 Å². The smallest absolute Gasteiger partial charge is 0.0119 e. The Morgan fingerprint density at radius 3 is 2.43 bits per heavy atom. The number of hydrogen-bond acceptors (Lipinski definition) is 0. The zero-order valence-corrected chi connectivity index (χ0v) is 10.3. The van der Waals surface area contributed by atoms with Gasteiger partial charge >= 0.3 is 0 Å². The highest BCUT2D eigenvalue weighted by Crippen LogP contribution is 2.36. The molecule has 0 aromatic heterocycles. The molecule has 0 N–H and O–H groups in total. The topological polar surface area (TPSA) is 0 Å². The van der Waals surface area contributed by atoms with E-state index in [1.54, 1.807) is 5.57 Å². The monoisotopic (exact) mass is 192 g/mol. The maximum Gasteiger partial charge on any atom is -0.0119 e. The molecule has 0 fully saturated rings. The minimum atomic E-state index is 0.394. The van der Waals surface area contributed by atoms with Crippen molar-refractivity contribution in [3.8, 4) is 0 Å². The summed E-state index contributed by atoms with van der Waals surface area (Å²) in [6.45, 7) is 11.6. The van der Waals surface area contributed by atoms with Crippen LogP contribution in [0.1, 0.15) is 47.5 Å². The molecule has 14 heavy (non-hydrogen) atoms. The summed E-state index contributed by atoms with van der Waals surface area (Å²) in [5.41, 5.74) is 1.95. The molecule has 2 unspecified atom stereocenters. The van der Waals surface area contributed by atoms with Crippen LogP contribution in [0.3, 0.4) is 0 Å². The minimum Gasteiger partial charge on any atom is -0.0811 e. The Morgan fingerprint density at radius 2 is 2.07 bits per heavy atom. The predicted molar refractivity (Wildman–Crippen MR) is 64.2 cm³/mol. The highest BCUT2D eigenvalue weighted by Gasteiger charge is 2.25. The van der Waals surface area contributed by atoms with Crippen molar-refractivity contribution in [3.63, 3.8) is 0 Å². The van der Waals surface area contributed by atoms with E-state index in [1.165, 1.54) is 12.8 Å². The Morgan fingerprint density at radius 1 is 1.43 bits per heavy atom. The van der Waals surface area contributed by atoms with Gasteiger partial charge in [0.2, 0.25) is 0 Å². The lowest BCUT2D eigenvalue weighted by molar-refractivity contribution is 0.275. The van der Waals surface area contributed by atoms with E-state index < -0.39 is 0 Å². The average Bonchev–Trinajstić information content (AvgIpc) is 2.07. The zero-order valence-electron chi connectivity index (χ0n) is 10.3. The van der Waals surface area contributed by atoms with Gasteiger partial charge in [-0.1, -0.05) is 52.8 Å². The first kappa shape index (κ1) is 11.6. The molecule has 0 aromatic rings. The summed E-state index contributed by atoms with van der Waals surface area (Å²) < 4.78 is 0. The molecule has 0 bridgehead atoms. The maximum atomic E-state index is 2.43. The van der Waals surface area contributed by atoms with E-state index in [0.717, 1.165) is 5.92 Å². The lowest BCUT2D eigenvalue weighted by Gasteiger charge is -2.32. The van der Waals surface area contributed by atoms with Crippen molar-refractivity contribution in [1.82, 2.24) is 0 Å². The predicted octanol–water partition coefficient (Wildman–Crippen LogP) is 4.58. The van der Waals surface area contributed by atoms with Crippen LogP contribution in [0.2, 0.25) is 0 Å². The second kappa shape index (κ2) is 4.33. The molecule has 0 nitrogen and oxygen atoms in total. The maximum absolute atomic E-state index is 2.43. The van der Waals surface area contributed by atoms with Gasteiger partial charge in [-0.15, -0.1) is 0 Å². The van der Waals surface area contributed by atoms with Crippen LogP contribution < -0.4 is 0 Å². The van der Waals surface area contributed by atoms with Gasteiger partial charge in [0.1, 0.15) is 0 Å². The van der Waals surface area contributed by atoms with Crippen molar-refractivity contribution < 1.29 is 0 Å². The van der Waals surface area contributed by atoms with Gasteiger partial charge in [-0.3, -0.25) is 0 Å². The quantitative estimate of drug-likeness (QED) is 0.600. The molecule has 0 heteroatoms. The Kier molecular flexibility index (Phi) is 3.58. The van der Waals surface area contributed by atoms with Crippen molar-refractivity contribution in [2.24, 2.45) is 17.3 Å². The average molecular weight is 192 g/mol. The van der Waals surface area contributed by atoms with E-state index in [2.05, 4.69) is 52.8 Å². The van der Waals surface area contributed by atoms with Crippen molar-refractivity contribution >= 4 is 0 Å². The summed E-state index contributed by atoms with van der Waals surface area (Å²) in [5.74, 6) is 1.45. The first-order valence-corrected chi connectivity index (χ1v) is 5.83. The number of hydrogen-bond donors (Lipinski definition) is 0. The van der Waals surface area contributed by atoms with Crippen molar-refractivity contribution in [3.05, 3.63) is 23.8 Å². The molecule has 0 spiro atoms. The van der Waals surface area contributed by atoms with E-state index in [4.69, 9.17) is 0 Å². The van der Waals surface area contributed by atoms with Crippen LogP contribution in [-0.2, 0) is 0 Å². The third kappa shape index (κ3) is 2.73. The van der Waals surface area contributed by atoms with Gasteiger partial charge in [0.15, 0.2) is 0 Å². The lowest BCUT2D eigenvalue weighted by Crippen LogP contribution is -2.22. The van der Waals surface area contributed by atoms with Gasteiger partial charge in [0, 0.05) is 0 Å². The summed E-state index contributed by atoms with van der Waals surface area (Å²) >= 11 is 0. The molecule has 80 valence electrons. The van der Waals surface area contributed by atoms with Crippen LogP contribution >= 0.6 is 0 Å². The van der Waals surface area contributed by atoms with E-state index >= 15 is 0 Å². The van der Waals surface area contributed by atoms with Gasteiger partial charge in [0.25, 0.3) is 0 Å². The highest BCUT2D eigenvalue weighted by atomic mass is 14.3. The molecule has 0 aliphatic heterocycles. The molecule has 0 aromatic carbocycles. The molecule has 0 saturated carbocycles. The van der Waals surface area contributed by atoms with E-state index in [0.29, 0.717) is 11.3 Å². The highest BCUT2D eigenvalue weighted by molar-refractivity contribution is 5.27. The van der Waals surface area contributed by atoms with Crippen LogP contribution in [-0.4, -0.2) is 0 Å². The molecule has 1 aliphatic carbocycles. The van der Waals surface area contributed by atoms with Crippen LogP contribution in [0.4, 0.5) is 0 Å². The Balaban J connectivity index is 2.77. The summed E-state index contributed by atoms with van der Waals surface area (Å²) in [7, 11) is 0. The standard InChI is InChI=1S/C14H24/c1-6-13(14(3,4)5)12-9-7-11(2)8-10-12/h7,9-11,13H,6,8H2,1-5H3. The molecular formula is C14H24. The van der Waals surface area contributed by atoms with Gasteiger partial charge in [-0.2, -0.15) is 0 Å². The van der Waals surface area contributed by atoms with Gasteiger partial charge in [-0.25, -0.2) is 0 Å². The molecule has 0 radical (unpaired) electrons. The Bertz CT molecular complexity index is 237. The second-order valence-electron chi connectivity index (χ2n) is 5.60. The SMILES string of the molecule is CCC(C1=CCC(C)C=C1)C(C)(C)C. The largest absolute Gasteiger partial charge is 0.0811 e. The third-order valence-corrected chi connectivity index (χ3v) is 3.20. The van der Waals surface area contributed by atoms with Crippen molar-refractivity contribution in [2.45, 2.75) is 47.5 Å². The van der Waals surface area contributed by atoms with Crippen LogP contribution in [0.5, 0.6) is 0 Å². The number of rotatable bonds is 2. The van der Waals surface area contributed by atoms with Crippen LogP contribution in [0.15, 0.2) is 23.8 Å². The zero-order chi connectivity index (χ0) is 10.8. The molecular weight excluding hydrogens is 168 g/mol. The molecule has 0 amide bonds. The Hall–Kier alpha value is -0.520. The molecule has 0 saturated heterocycles. The summed E-state index contributed by atoms with van der Waals surface area (Å²) in [6, 6.07) is 0. The van der Waals surface area contributed by atoms with E-state index in [1.807, 2.05) is 0 Å². The second-order valence-corrected chi connectivity index (χ2v) is 5.60. The normalized spacial score (nSPS) is 24.6. The van der Waals surface area contributed by atoms with Gasteiger partial charge < -0.3 is 0 Å². The Labute approximate surface area is 89.1 Å². The van der Waals surface area contributed by atoms with Crippen molar-refractivity contribution in [2.75, 3.05) is 0 Å². The molecule has 1 aliphatic rings. The first-order chi connectivity index (χ1) is 6.45. The van der Waals surface area contributed by atoms with Crippen LogP contribution in [0, 0.1) is 17.3 Å². The van der Waals surface area contributed by atoms with E-state index in [9.17, 15) is 0 Å². The fourth-order valence-electron chi connectivity index (χ4n) is 2.35. The van der Waals surface area contributed by atoms with Crippen molar-refractivity contribution in [1.29, 1.82) is 0 Å². The van der Waals surface area contributed by atoms with Crippen LogP contribution in [0.25, 0.3) is 0 Å². The summed E-state index contributed by atoms with van der Waals surface area (Å²) in [4.78, 5) is 0. The summed E-state index contributed by atoms with van der Waals surface area (Å²) in [6.07, 6.45) is 9.59. The molecule has 1 rings (SSSR count). The van der Waals surface area contributed by atoms with Gasteiger partial charge in [-0.05, 0) is 35.7 Å². The molecule has 0 heterocycles.